The Labute approximate surface area is 148 Å². The molecule has 1 aromatic rings. The van der Waals surface area contributed by atoms with Crippen LogP contribution in [0.15, 0.2) is 30.3 Å². The summed E-state index contributed by atoms with van der Waals surface area (Å²) in [7, 11) is 0.0269. The molecule has 0 fully saturated rings. The number of rotatable bonds is 16. The Bertz CT molecular complexity index is 333. The minimum absolute atomic E-state index is 0.0269. The molecule has 0 heterocycles. The Morgan fingerprint density at radius 3 is 1.48 bits per heavy atom. The summed E-state index contributed by atoms with van der Waals surface area (Å²) in [5.74, 6) is 0. The van der Waals surface area contributed by atoms with Crippen LogP contribution in [0.1, 0.15) is 96.8 Å². The van der Waals surface area contributed by atoms with Crippen LogP contribution in [0.5, 0.6) is 0 Å². The normalized spacial score (nSPS) is 11.5. The van der Waals surface area contributed by atoms with Gasteiger partial charge < -0.3 is 0 Å². The smallest absolute Gasteiger partial charge is 0.0547 e. The summed E-state index contributed by atoms with van der Waals surface area (Å²) in [6.07, 6.45) is 20.5. The van der Waals surface area contributed by atoms with Gasteiger partial charge in [0.2, 0.25) is 0 Å². The van der Waals surface area contributed by atoms with Crippen molar-refractivity contribution < 1.29 is 0 Å². The van der Waals surface area contributed by atoms with Crippen molar-refractivity contribution in [3.05, 3.63) is 30.3 Å². The standard InChI is InChI=1S/C22H40Si/c1-2-3-4-5-6-7-8-9-10-11-12-13-14-18-21-23-22-19-16-15-17-20-22/h15-17,19-20H,2-14,18,21,23H2,1H3. The molecule has 0 atom stereocenters. The van der Waals surface area contributed by atoms with Crippen LogP contribution >= 0.6 is 0 Å². The summed E-state index contributed by atoms with van der Waals surface area (Å²) in [6, 6.07) is 12.6. The predicted molar refractivity (Wildman–Crippen MR) is 110 cm³/mol. The molecule has 0 aliphatic carbocycles. The van der Waals surface area contributed by atoms with E-state index < -0.39 is 0 Å². The fraction of sp³-hybridized carbons (Fsp3) is 0.727. The van der Waals surface area contributed by atoms with Crippen LogP contribution in [0.2, 0.25) is 6.04 Å². The van der Waals surface area contributed by atoms with Gasteiger partial charge in [-0.3, -0.25) is 0 Å². The molecule has 0 saturated heterocycles. The van der Waals surface area contributed by atoms with E-state index in [1.54, 1.807) is 5.19 Å². The highest BCUT2D eigenvalue weighted by atomic mass is 28.2. The highest BCUT2D eigenvalue weighted by Gasteiger charge is 1.95. The second kappa shape index (κ2) is 16.3. The van der Waals surface area contributed by atoms with Crippen LogP contribution in [0, 0.1) is 0 Å². The van der Waals surface area contributed by atoms with E-state index >= 15 is 0 Å². The molecule has 0 amide bonds. The topological polar surface area (TPSA) is 0 Å². The van der Waals surface area contributed by atoms with Crippen molar-refractivity contribution in [2.45, 2.75) is 103 Å². The van der Waals surface area contributed by atoms with Gasteiger partial charge in [0.1, 0.15) is 0 Å². The molecular weight excluding hydrogens is 292 g/mol. The molecule has 0 aliphatic heterocycles. The molecule has 1 heteroatoms. The van der Waals surface area contributed by atoms with Crippen LogP contribution in [0.4, 0.5) is 0 Å². The Hall–Kier alpha value is -0.563. The second-order valence-corrected chi connectivity index (χ2v) is 9.21. The molecule has 0 radical (unpaired) electrons. The van der Waals surface area contributed by atoms with E-state index in [0.717, 1.165) is 0 Å². The molecule has 0 saturated carbocycles. The van der Waals surface area contributed by atoms with Gasteiger partial charge in [0.25, 0.3) is 0 Å². The highest BCUT2D eigenvalue weighted by Crippen LogP contribution is 2.13. The third-order valence-corrected chi connectivity index (χ3v) is 6.81. The molecule has 0 unspecified atom stereocenters. The molecule has 0 bridgehead atoms. The average Bonchev–Trinajstić information content (AvgIpc) is 2.59. The van der Waals surface area contributed by atoms with Crippen molar-refractivity contribution in [2.24, 2.45) is 0 Å². The lowest BCUT2D eigenvalue weighted by Crippen LogP contribution is -2.12. The highest BCUT2D eigenvalue weighted by molar-refractivity contribution is 6.53. The van der Waals surface area contributed by atoms with Crippen molar-refractivity contribution in [3.8, 4) is 0 Å². The monoisotopic (exact) mass is 332 g/mol. The third kappa shape index (κ3) is 13.6. The van der Waals surface area contributed by atoms with Gasteiger partial charge in [-0.05, 0) is 0 Å². The number of unbranched alkanes of at least 4 members (excludes halogenated alkanes) is 13. The molecular formula is C22H40Si. The number of hydrogen-bond acceptors (Lipinski definition) is 0. The van der Waals surface area contributed by atoms with Gasteiger partial charge in [0.05, 0.1) is 9.52 Å². The maximum atomic E-state index is 2.32. The van der Waals surface area contributed by atoms with Crippen molar-refractivity contribution in [3.63, 3.8) is 0 Å². The van der Waals surface area contributed by atoms with E-state index in [0.29, 0.717) is 0 Å². The zero-order valence-corrected chi connectivity index (χ0v) is 17.1. The molecule has 0 N–H and O–H groups in total. The van der Waals surface area contributed by atoms with E-state index in [-0.39, 0.29) is 9.52 Å². The van der Waals surface area contributed by atoms with Crippen molar-refractivity contribution in [1.82, 2.24) is 0 Å². The third-order valence-electron chi connectivity index (χ3n) is 4.91. The van der Waals surface area contributed by atoms with E-state index in [1.807, 2.05) is 0 Å². The van der Waals surface area contributed by atoms with Crippen molar-refractivity contribution in [2.75, 3.05) is 0 Å². The molecule has 23 heavy (non-hydrogen) atoms. The summed E-state index contributed by atoms with van der Waals surface area (Å²) in [6.45, 7) is 2.30. The Morgan fingerprint density at radius 2 is 1.00 bits per heavy atom. The van der Waals surface area contributed by atoms with Gasteiger partial charge in [-0.15, -0.1) is 0 Å². The van der Waals surface area contributed by atoms with Gasteiger partial charge in [-0.25, -0.2) is 0 Å². The number of benzene rings is 1. The molecule has 0 spiro atoms. The van der Waals surface area contributed by atoms with Crippen molar-refractivity contribution >= 4 is 14.7 Å². The fourth-order valence-electron chi connectivity index (χ4n) is 3.35. The largest absolute Gasteiger partial charge is 0.0669 e. The Morgan fingerprint density at radius 1 is 0.565 bits per heavy atom. The predicted octanol–water partition coefficient (Wildman–Crippen LogP) is 6.38. The van der Waals surface area contributed by atoms with Crippen molar-refractivity contribution in [1.29, 1.82) is 0 Å². The first-order chi connectivity index (χ1) is 11.4. The average molecular weight is 333 g/mol. The first-order valence-electron chi connectivity index (χ1n) is 10.5. The summed E-state index contributed by atoms with van der Waals surface area (Å²) < 4.78 is 0. The fourth-order valence-corrected chi connectivity index (χ4v) is 4.96. The van der Waals surface area contributed by atoms with Crippen LogP contribution in [0.25, 0.3) is 0 Å². The van der Waals surface area contributed by atoms with Crippen LogP contribution in [-0.2, 0) is 0 Å². The minimum atomic E-state index is 0.0269. The summed E-state index contributed by atoms with van der Waals surface area (Å²) in [5.41, 5.74) is 0. The van der Waals surface area contributed by atoms with E-state index in [2.05, 4.69) is 37.3 Å². The Balaban J connectivity index is 1.72. The van der Waals surface area contributed by atoms with Gasteiger partial charge in [0.15, 0.2) is 0 Å². The lowest BCUT2D eigenvalue weighted by atomic mass is 10.0. The number of hydrogen-bond donors (Lipinski definition) is 0. The molecule has 0 aliphatic rings. The maximum Gasteiger partial charge on any atom is 0.0547 e. The molecule has 0 nitrogen and oxygen atoms in total. The van der Waals surface area contributed by atoms with Crippen LogP contribution in [-0.4, -0.2) is 9.52 Å². The first kappa shape index (κ1) is 20.5. The molecule has 1 rings (SSSR count). The van der Waals surface area contributed by atoms with Gasteiger partial charge >= 0.3 is 0 Å². The Kier molecular flexibility index (Phi) is 14.5. The zero-order valence-electron chi connectivity index (χ0n) is 15.7. The summed E-state index contributed by atoms with van der Waals surface area (Å²) in [4.78, 5) is 0. The summed E-state index contributed by atoms with van der Waals surface area (Å²) >= 11 is 0. The molecule has 1 aromatic carbocycles. The van der Waals surface area contributed by atoms with Gasteiger partial charge in [-0.2, -0.15) is 0 Å². The zero-order chi connectivity index (χ0) is 16.4. The summed E-state index contributed by atoms with van der Waals surface area (Å²) in [5, 5.41) is 1.64. The van der Waals surface area contributed by atoms with E-state index in [9.17, 15) is 0 Å². The minimum Gasteiger partial charge on any atom is -0.0669 e. The maximum absolute atomic E-state index is 2.32. The molecule has 132 valence electrons. The van der Waals surface area contributed by atoms with Crippen LogP contribution < -0.4 is 5.19 Å². The van der Waals surface area contributed by atoms with E-state index in [4.69, 9.17) is 0 Å². The molecule has 0 aromatic heterocycles. The first-order valence-corrected chi connectivity index (χ1v) is 12.2. The second-order valence-electron chi connectivity index (χ2n) is 7.19. The van der Waals surface area contributed by atoms with E-state index in [1.165, 1.54) is 95.9 Å². The quantitative estimate of drug-likeness (QED) is 0.243. The SMILES string of the molecule is CCCCCCCCCCCCCCCC[SiH2]c1ccccc1. The lowest BCUT2D eigenvalue weighted by Gasteiger charge is -2.03. The van der Waals surface area contributed by atoms with Gasteiger partial charge in [0, 0.05) is 0 Å². The van der Waals surface area contributed by atoms with Crippen LogP contribution in [0.3, 0.4) is 0 Å². The van der Waals surface area contributed by atoms with Gasteiger partial charge in [-0.1, -0.05) is 138 Å². The lowest BCUT2D eigenvalue weighted by molar-refractivity contribution is 0.538.